The van der Waals surface area contributed by atoms with Crippen LogP contribution in [0.3, 0.4) is 0 Å². The Morgan fingerprint density at radius 3 is 2.64 bits per heavy atom. The molecule has 0 unspecified atom stereocenters. The molecule has 4 aromatic rings. The monoisotopic (exact) mass is 373 g/mol. The van der Waals surface area contributed by atoms with Crippen molar-refractivity contribution in [3.8, 4) is 0 Å². The number of fused-ring (bicyclic) bond motifs is 2. The zero-order chi connectivity index (χ0) is 18.9. The number of nitrogens with one attached hydrogen (secondary N) is 1. The van der Waals surface area contributed by atoms with E-state index < -0.39 is 5.76 Å². The zero-order valence-corrected chi connectivity index (χ0v) is 15.7. The minimum atomic E-state index is -0.392. The van der Waals surface area contributed by atoms with Crippen LogP contribution >= 0.6 is 0 Å². The molecular formula is C23H23N3O2. The average molecular weight is 373 g/mol. The summed E-state index contributed by atoms with van der Waals surface area (Å²) < 4.78 is 5.17. The Morgan fingerprint density at radius 1 is 0.929 bits per heavy atom. The second-order valence-corrected chi connectivity index (χ2v) is 7.42. The van der Waals surface area contributed by atoms with Crippen LogP contribution in [0, 0.1) is 0 Å². The lowest BCUT2D eigenvalue weighted by molar-refractivity contribution is 0.261. The molecule has 28 heavy (non-hydrogen) atoms. The van der Waals surface area contributed by atoms with Crippen molar-refractivity contribution in [2.45, 2.75) is 6.42 Å². The minimum absolute atomic E-state index is 0.392. The molecule has 1 aliphatic rings. The first-order valence-electron chi connectivity index (χ1n) is 9.83. The zero-order valence-electron chi connectivity index (χ0n) is 15.7. The fourth-order valence-corrected chi connectivity index (χ4v) is 4.13. The van der Waals surface area contributed by atoms with Gasteiger partial charge in [0.15, 0.2) is 5.58 Å². The summed E-state index contributed by atoms with van der Waals surface area (Å²) in [6.07, 6.45) is 0.957. The summed E-state index contributed by atoms with van der Waals surface area (Å²) in [6, 6.07) is 21.1. The minimum Gasteiger partial charge on any atom is -0.408 e. The van der Waals surface area contributed by atoms with Gasteiger partial charge in [0, 0.05) is 43.8 Å². The van der Waals surface area contributed by atoms with Crippen molar-refractivity contribution in [2.24, 2.45) is 0 Å². The standard InChI is InChI=1S/C23H23N3O2/c27-23-24-20-9-8-17(16-22(20)28-23)10-11-25-12-14-26(15-13-25)21-7-3-5-18-4-1-2-6-19(18)21/h1-9,16H,10-15H2,(H,24,27). The first kappa shape index (κ1) is 17.1. The average Bonchev–Trinajstić information content (AvgIpc) is 3.11. The molecule has 1 aliphatic heterocycles. The van der Waals surface area contributed by atoms with Gasteiger partial charge in [-0.1, -0.05) is 42.5 Å². The highest BCUT2D eigenvalue weighted by atomic mass is 16.4. The number of oxazole rings is 1. The third-order valence-electron chi connectivity index (χ3n) is 5.68. The fourth-order valence-electron chi connectivity index (χ4n) is 4.13. The number of anilines is 1. The molecule has 5 heteroatoms. The Hall–Kier alpha value is -3.05. The molecule has 0 spiro atoms. The lowest BCUT2D eigenvalue weighted by Crippen LogP contribution is -2.47. The third-order valence-corrected chi connectivity index (χ3v) is 5.68. The molecule has 0 amide bonds. The largest absolute Gasteiger partial charge is 0.417 e. The lowest BCUT2D eigenvalue weighted by Gasteiger charge is -2.36. The van der Waals surface area contributed by atoms with Gasteiger partial charge in [0.05, 0.1) is 5.52 Å². The Labute approximate surface area is 163 Å². The van der Waals surface area contributed by atoms with Crippen molar-refractivity contribution < 1.29 is 4.42 Å². The van der Waals surface area contributed by atoms with Gasteiger partial charge in [-0.05, 0) is 35.6 Å². The number of rotatable bonds is 4. The van der Waals surface area contributed by atoms with Crippen LogP contribution in [0.5, 0.6) is 0 Å². The highest BCUT2D eigenvalue weighted by Crippen LogP contribution is 2.27. The van der Waals surface area contributed by atoms with E-state index in [9.17, 15) is 4.79 Å². The highest BCUT2D eigenvalue weighted by molar-refractivity contribution is 5.94. The van der Waals surface area contributed by atoms with Gasteiger partial charge in [-0.2, -0.15) is 0 Å². The molecule has 0 bridgehead atoms. The van der Waals surface area contributed by atoms with E-state index in [1.807, 2.05) is 12.1 Å². The summed E-state index contributed by atoms with van der Waals surface area (Å²) in [5.41, 5.74) is 3.94. The Balaban J connectivity index is 1.22. The molecule has 5 nitrogen and oxygen atoms in total. The van der Waals surface area contributed by atoms with Crippen LogP contribution in [0.1, 0.15) is 5.56 Å². The van der Waals surface area contributed by atoms with E-state index in [-0.39, 0.29) is 0 Å². The molecule has 5 rings (SSSR count). The maximum Gasteiger partial charge on any atom is 0.417 e. The van der Waals surface area contributed by atoms with Gasteiger partial charge in [0.2, 0.25) is 0 Å². The number of H-pyrrole nitrogens is 1. The van der Waals surface area contributed by atoms with E-state index in [1.165, 1.54) is 22.0 Å². The maximum atomic E-state index is 11.3. The van der Waals surface area contributed by atoms with Gasteiger partial charge in [-0.15, -0.1) is 0 Å². The van der Waals surface area contributed by atoms with Crippen LogP contribution in [0.4, 0.5) is 5.69 Å². The van der Waals surface area contributed by atoms with Crippen LogP contribution in [0.15, 0.2) is 69.9 Å². The van der Waals surface area contributed by atoms with Gasteiger partial charge in [-0.3, -0.25) is 9.88 Å². The number of hydrogen-bond acceptors (Lipinski definition) is 4. The highest BCUT2D eigenvalue weighted by Gasteiger charge is 2.18. The normalized spacial score (nSPS) is 15.5. The molecule has 2 heterocycles. The van der Waals surface area contributed by atoms with Gasteiger partial charge in [-0.25, -0.2) is 4.79 Å². The summed E-state index contributed by atoms with van der Waals surface area (Å²) in [4.78, 5) is 19.0. The van der Waals surface area contributed by atoms with E-state index in [0.29, 0.717) is 5.58 Å². The van der Waals surface area contributed by atoms with Gasteiger partial charge in [0.25, 0.3) is 0 Å². The van der Waals surface area contributed by atoms with Gasteiger partial charge in [0.1, 0.15) is 0 Å². The van der Waals surface area contributed by atoms with E-state index in [0.717, 1.165) is 44.7 Å². The molecule has 0 aliphatic carbocycles. The second-order valence-electron chi connectivity index (χ2n) is 7.42. The van der Waals surface area contributed by atoms with Crippen LogP contribution in [-0.4, -0.2) is 42.6 Å². The van der Waals surface area contributed by atoms with E-state index >= 15 is 0 Å². The van der Waals surface area contributed by atoms with Crippen LogP contribution < -0.4 is 10.7 Å². The summed E-state index contributed by atoms with van der Waals surface area (Å²) in [6.45, 7) is 5.22. The molecule has 142 valence electrons. The van der Waals surface area contributed by atoms with Crippen LogP contribution in [-0.2, 0) is 6.42 Å². The SMILES string of the molecule is O=c1[nH]c2ccc(CCN3CCN(c4cccc5ccccc45)CC3)cc2o1. The smallest absolute Gasteiger partial charge is 0.408 e. The number of aromatic nitrogens is 1. The first-order valence-corrected chi connectivity index (χ1v) is 9.83. The number of hydrogen-bond donors (Lipinski definition) is 1. The van der Waals surface area contributed by atoms with Crippen molar-refractivity contribution in [3.63, 3.8) is 0 Å². The van der Waals surface area contributed by atoms with E-state index in [1.54, 1.807) is 0 Å². The predicted molar refractivity (Wildman–Crippen MR) is 113 cm³/mol. The molecular weight excluding hydrogens is 350 g/mol. The van der Waals surface area contributed by atoms with E-state index in [2.05, 4.69) is 63.3 Å². The molecule has 1 aromatic heterocycles. The first-order chi connectivity index (χ1) is 13.8. The number of piperazine rings is 1. The molecule has 0 atom stereocenters. The van der Waals surface area contributed by atoms with Gasteiger partial charge >= 0.3 is 5.76 Å². The van der Waals surface area contributed by atoms with Crippen LogP contribution in [0.25, 0.3) is 21.9 Å². The van der Waals surface area contributed by atoms with Crippen molar-refractivity contribution in [3.05, 3.63) is 76.8 Å². The molecule has 3 aromatic carbocycles. The molecule has 0 saturated carbocycles. The third kappa shape index (κ3) is 3.29. The van der Waals surface area contributed by atoms with Crippen LogP contribution in [0.2, 0.25) is 0 Å². The number of aromatic amines is 1. The number of nitrogens with zero attached hydrogens (tertiary/aromatic N) is 2. The molecule has 0 radical (unpaired) electrons. The quantitative estimate of drug-likeness (QED) is 0.593. The van der Waals surface area contributed by atoms with Crippen molar-refractivity contribution >= 4 is 27.6 Å². The Kier molecular flexibility index (Phi) is 4.37. The van der Waals surface area contributed by atoms with E-state index in [4.69, 9.17) is 4.42 Å². The summed E-state index contributed by atoms with van der Waals surface area (Å²) in [5, 5.41) is 2.63. The van der Waals surface area contributed by atoms with Gasteiger partial charge < -0.3 is 9.32 Å². The van der Waals surface area contributed by atoms with Crippen molar-refractivity contribution in [1.82, 2.24) is 9.88 Å². The summed E-state index contributed by atoms with van der Waals surface area (Å²) in [5.74, 6) is -0.392. The van der Waals surface area contributed by atoms with Crippen molar-refractivity contribution in [2.75, 3.05) is 37.6 Å². The maximum absolute atomic E-state index is 11.3. The molecule has 1 saturated heterocycles. The molecule has 1 N–H and O–H groups in total. The lowest BCUT2D eigenvalue weighted by atomic mass is 10.1. The topological polar surface area (TPSA) is 52.5 Å². The Bertz CT molecular complexity index is 1160. The fraction of sp³-hybridized carbons (Fsp3) is 0.261. The second kappa shape index (κ2) is 7.17. The summed E-state index contributed by atoms with van der Waals surface area (Å²) >= 11 is 0. The Morgan fingerprint density at radius 2 is 1.75 bits per heavy atom. The number of benzene rings is 3. The summed E-state index contributed by atoms with van der Waals surface area (Å²) in [7, 11) is 0. The molecule has 1 fully saturated rings. The predicted octanol–water partition coefficient (Wildman–Crippen LogP) is 3.64. The van der Waals surface area contributed by atoms with Crippen molar-refractivity contribution in [1.29, 1.82) is 0 Å².